The number of carbonyl (C=O) groups excluding carboxylic acids is 1. The Bertz CT molecular complexity index is 1040. The molecule has 0 aliphatic heterocycles. The van der Waals surface area contributed by atoms with Gasteiger partial charge in [-0.05, 0) is 59.4 Å². The number of hydrogen-bond donors (Lipinski definition) is 0. The van der Waals surface area contributed by atoms with Gasteiger partial charge in [-0.3, -0.25) is 4.79 Å². The molecule has 0 aliphatic rings. The highest BCUT2D eigenvalue weighted by molar-refractivity contribution is 9.09. The van der Waals surface area contributed by atoms with E-state index in [-0.39, 0.29) is 0 Å². The monoisotopic (exact) mass is 478 g/mol. The number of aryl methyl sites for hydroxylation is 1. The van der Waals surface area contributed by atoms with E-state index in [2.05, 4.69) is 77.5 Å². The molecule has 4 heteroatoms. The van der Waals surface area contributed by atoms with Crippen LogP contribution in [0.2, 0.25) is 0 Å². The van der Waals surface area contributed by atoms with Crippen molar-refractivity contribution in [2.45, 2.75) is 13.8 Å². The van der Waals surface area contributed by atoms with Gasteiger partial charge in [-0.25, -0.2) is 0 Å². The van der Waals surface area contributed by atoms with Gasteiger partial charge >= 0.3 is 0 Å². The highest BCUT2D eigenvalue weighted by atomic mass is 79.9. The first-order valence-electron chi connectivity index (χ1n) is 10.3. The smallest absolute Gasteiger partial charge is 0.153 e. The summed E-state index contributed by atoms with van der Waals surface area (Å²) in [5.41, 5.74) is 7.42. The largest absolute Gasteiger partial charge is 0.490 e. The van der Waals surface area contributed by atoms with Gasteiger partial charge in [0.2, 0.25) is 0 Å². The molecule has 0 saturated heterocycles. The SMILES string of the molecule is Cc1cc(C=O)c(OCCOCCBr)cc1/C=C/c1cccc(-c2ccccc2)c1C. The van der Waals surface area contributed by atoms with Gasteiger partial charge in [0.05, 0.1) is 18.8 Å². The topological polar surface area (TPSA) is 35.5 Å². The van der Waals surface area contributed by atoms with Crippen molar-refractivity contribution in [1.29, 1.82) is 0 Å². The average Bonchev–Trinajstić information content (AvgIpc) is 2.80. The molecule has 3 aromatic rings. The number of rotatable bonds is 10. The van der Waals surface area contributed by atoms with E-state index < -0.39 is 0 Å². The second kappa shape index (κ2) is 11.6. The normalized spacial score (nSPS) is 11.1. The molecular formula is C27H27BrO3. The Balaban J connectivity index is 1.83. The van der Waals surface area contributed by atoms with Crippen molar-refractivity contribution in [2.24, 2.45) is 0 Å². The van der Waals surface area contributed by atoms with Gasteiger partial charge in [0.15, 0.2) is 6.29 Å². The maximum absolute atomic E-state index is 11.5. The molecule has 3 aromatic carbocycles. The van der Waals surface area contributed by atoms with Crippen LogP contribution < -0.4 is 4.74 Å². The number of ether oxygens (including phenoxy) is 2. The fourth-order valence-corrected chi connectivity index (χ4v) is 3.66. The summed E-state index contributed by atoms with van der Waals surface area (Å²) < 4.78 is 11.2. The van der Waals surface area contributed by atoms with E-state index in [4.69, 9.17) is 9.47 Å². The van der Waals surface area contributed by atoms with Crippen molar-refractivity contribution in [2.75, 3.05) is 25.2 Å². The third kappa shape index (κ3) is 6.16. The van der Waals surface area contributed by atoms with E-state index in [1.807, 2.05) is 25.1 Å². The van der Waals surface area contributed by atoms with Gasteiger partial charge < -0.3 is 9.47 Å². The molecule has 0 bridgehead atoms. The number of carbonyl (C=O) groups is 1. The fraction of sp³-hybridized carbons (Fsp3) is 0.222. The standard InChI is InChI=1S/C27H27BrO3/c1-20-17-25(19-29)27(31-16-15-30-14-13-28)18-24(20)12-11-22-9-6-10-26(21(22)2)23-7-4-3-5-8-23/h3-12,17-19H,13-16H2,1-2H3/b12-11+. The average molecular weight is 479 g/mol. The zero-order valence-corrected chi connectivity index (χ0v) is 19.5. The number of aldehydes is 1. The summed E-state index contributed by atoms with van der Waals surface area (Å²) >= 11 is 3.33. The van der Waals surface area contributed by atoms with E-state index in [0.29, 0.717) is 31.1 Å². The van der Waals surface area contributed by atoms with Crippen molar-refractivity contribution >= 4 is 34.4 Å². The van der Waals surface area contributed by atoms with Gasteiger partial charge in [-0.15, -0.1) is 0 Å². The molecule has 0 atom stereocenters. The second-order valence-electron chi connectivity index (χ2n) is 7.23. The number of benzene rings is 3. The number of alkyl halides is 1. The first-order chi connectivity index (χ1) is 15.1. The van der Waals surface area contributed by atoms with Gasteiger partial charge in [0.25, 0.3) is 0 Å². The molecule has 160 valence electrons. The molecule has 0 aliphatic carbocycles. The summed E-state index contributed by atoms with van der Waals surface area (Å²) in [5.74, 6) is 0.581. The molecule has 0 saturated carbocycles. The highest BCUT2D eigenvalue weighted by Crippen LogP contribution is 2.28. The quantitative estimate of drug-likeness (QED) is 0.140. The van der Waals surface area contributed by atoms with E-state index in [1.54, 1.807) is 0 Å². The van der Waals surface area contributed by atoms with Crippen LogP contribution in [0.3, 0.4) is 0 Å². The van der Waals surface area contributed by atoms with E-state index >= 15 is 0 Å². The van der Waals surface area contributed by atoms with Crippen molar-refractivity contribution in [3.05, 3.63) is 88.5 Å². The third-order valence-corrected chi connectivity index (χ3v) is 5.46. The van der Waals surface area contributed by atoms with Crippen LogP contribution in [0, 0.1) is 13.8 Å². The van der Waals surface area contributed by atoms with Crippen LogP contribution in [-0.4, -0.2) is 31.4 Å². The molecule has 0 heterocycles. The number of hydrogen-bond acceptors (Lipinski definition) is 3. The molecule has 31 heavy (non-hydrogen) atoms. The molecule has 3 nitrogen and oxygen atoms in total. The van der Waals surface area contributed by atoms with Gasteiger partial charge in [-0.1, -0.05) is 76.6 Å². The summed E-state index contributed by atoms with van der Waals surface area (Å²) in [6.07, 6.45) is 5.03. The fourth-order valence-electron chi connectivity index (χ4n) is 3.43. The highest BCUT2D eigenvalue weighted by Gasteiger charge is 2.08. The van der Waals surface area contributed by atoms with Gasteiger partial charge in [0, 0.05) is 5.33 Å². The first-order valence-corrected chi connectivity index (χ1v) is 11.5. The maximum atomic E-state index is 11.5. The molecule has 0 radical (unpaired) electrons. The summed E-state index contributed by atoms with van der Waals surface area (Å²) in [6, 6.07) is 20.5. The molecule has 0 amide bonds. The Kier molecular flexibility index (Phi) is 8.63. The van der Waals surface area contributed by atoms with Crippen LogP contribution >= 0.6 is 15.9 Å². The van der Waals surface area contributed by atoms with E-state index in [0.717, 1.165) is 28.3 Å². The lowest BCUT2D eigenvalue weighted by molar-refractivity contribution is 0.107. The Hall–Kier alpha value is -2.69. The Morgan fingerprint density at radius 2 is 1.61 bits per heavy atom. The van der Waals surface area contributed by atoms with Crippen LogP contribution in [0.5, 0.6) is 5.75 Å². The number of halogens is 1. The van der Waals surface area contributed by atoms with E-state index in [1.165, 1.54) is 16.7 Å². The molecule has 0 unspecified atom stereocenters. The van der Waals surface area contributed by atoms with Crippen molar-refractivity contribution in [3.63, 3.8) is 0 Å². The molecule has 0 aromatic heterocycles. The molecule has 0 spiro atoms. The Morgan fingerprint density at radius 1 is 0.839 bits per heavy atom. The zero-order valence-electron chi connectivity index (χ0n) is 17.9. The summed E-state index contributed by atoms with van der Waals surface area (Å²) in [5, 5.41) is 0.789. The first kappa shape index (κ1) is 23.0. The maximum Gasteiger partial charge on any atom is 0.153 e. The minimum Gasteiger partial charge on any atom is -0.490 e. The van der Waals surface area contributed by atoms with Gasteiger partial charge in [0.1, 0.15) is 12.4 Å². The summed E-state index contributed by atoms with van der Waals surface area (Å²) in [7, 11) is 0. The van der Waals surface area contributed by atoms with Crippen LogP contribution in [0.1, 0.15) is 32.6 Å². The van der Waals surface area contributed by atoms with Crippen molar-refractivity contribution in [1.82, 2.24) is 0 Å². The zero-order chi connectivity index (χ0) is 22.1. The lowest BCUT2D eigenvalue weighted by Gasteiger charge is -2.12. The predicted molar refractivity (Wildman–Crippen MR) is 132 cm³/mol. The minimum atomic E-state index is 0.401. The summed E-state index contributed by atoms with van der Waals surface area (Å²) in [6.45, 7) is 5.66. The van der Waals surface area contributed by atoms with Crippen LogP contribution in [0.25, 0.3) is 23.3 Å². The van der Waals surface area contributed by atoms with Crippen LogP contribution in [0.15, 0.2) is 60.7 Å². The van der Waals surface area contributed by atoms with Crippen LogP contribution in [-0.2, 0) is 4.74 Å². The van der Waals surface area contributed by atoms with Crippen molar-refractivity contribution < 1.29 is 14.3 Å². The molecule has 3 rings (SSSR count). The Labute approximate surface area is 192 Å². The predicted octanol–water partition coefficient (Wildman–Crippen LogP) is 6.74. The molecule has 0 N–H and O–H groups in total. The third-order valence-electron chi connectivity index (χ3n) is 5.14. The lowest BCUT2D eigenvalue weighted by atomic mass is 9.95. The van der Waals surface area contributed by atoms with Crippen LogP contribution in [0.4, 0.5) is 0 Å². The second-order valence-corrected chi connectivity index (χ2v) is 8.03. The Morgan fingerprint density at radius 3 is 2.35 bits per heavy atom. The minimum absolute atomic E-state index is 0.401. The molecule has 0 fully saturated rings. The molecular weight excluding hydrogens is 452 g/mol. The van der Waals surface area contributed by atoms with Crippen molar-refractivity contribution in [3.8, 4) is 16.9 Å². The lowest BCUT2D eigenvalue weighted by Crippen LogP contribution is -2.09. The summed E-state index contributed by atoms with van der Waals surface area (Å²) in [4.78, 5) is 11.5. The van der Waals surface area contributed by atoms with E-state index in [9.17, 15) is 4.79 Å². The van der Waals surface area contributed by atoms with Gasteiger partial charge in [-0.2, -0.15) is 0 Å².